The monoisotopic (exact) mass is 490 g/mol. The van der Waals surface area contributed by atoms with E-state index in [9.17, 15) is 20.0 Å². The van der Waals surface area contributed by atoms with Crippen LogP contribution in [-0.2, 0) is 22.4 Å². The molecule has 36 heavy (non-hydrogen) atoms. The first-order valence-electron chi connectivity index (χ1n) is 12.7. The quantitative estimate of drug-likeness (QED) is 0.461. The van der Waals surface area contributed by atoms with Crippen molar-refractivity contribution in [3.8, 4) is 6.07 Å². The molecule has 190 valence electrons. The van der Waals surface area contributed by atoms with Gasteiger partial charge in [0.1, 0.15) is 11.9 Å². The Hall–Kier alpha value is -3.44. The number of carbonyl (C=O) groups is 2. The number of nitrogens with one attached hydrogen (secondary N) is 2. The molecule has 8 nitrogen and oxygen atoms in total. The van der Waals surface area contributed by atoms with Crippen LogP contribution in [0.3, 0.4) is 0 Å². The van der Waals surface area contributed by atoms with Gasteiger partial charge in [0.25, 0.3) is 5.91 Å². The van der Waals surface area contributed by atoms with Gasteiger partial charge < -0.3 is 20.5 Å². The zero-order valence-corrected chi connectivity index (χ0v) is 21.0. The highest BCUT2D eigenvalue weighted by atomic mass is 16.5. The predicted octanol–water partition coefficient (Wildman–Crippen LogP) is 3.93. The number of aliphatic carboxylic acids is 1. The summed E-state index contributed by atoms with van der Waals surface area (Å²) in [7, 11) is 0. The average Bonchev–Trinajstić information content (AvgIpc) is 2.84. The van der Waals surface area contributed by atoms with Gasteiger partial charge in [0.15, 0.2) is 0 Å². The van der Waals surface area contributed by atoms with Gasteiger partial charge in [-0.05, 0) is 87.1 Å². The molecule has 1 aromatic carbocycles. The van der Waals surface area contributed by atoms with Crippen LogP contribution in [0.1, 0.15) is 70.4 Å². The molecule has 1 fully saturated rings. The lowest BCUT2D eigenvalue weighted by atomic mass is 9.79. The molecule has 0 unspecified atom stereocenters. The fraction of sp³-hybridized carbons (Fsp3) is 0.500. The van der Waals surface area contributed by atoms with E-state index in [1.807, 2.05) is 0 Å². The fourth-order valence-corrected chi connectivity index (χ4v) is 5.06. The van der Waals surface area contributed by atoms with Crippen molar-refractivity contribution in [3.05, 3.63) is 57.8 Å². The molecule has 1 aliphatic carbocycles. The van der Waals surface area contributed by atoms with Crippen molar-refractivity contribution >= 4 is 17.7 Å². The zero-order chi connectivity index (χ0) is 25.7. The third-order valence-electron chi connectivity index (χ3n) is 7.34. The first-order valence-corrected chi connectivity index (χ1v) is 12.7. The number of hydrogen-bond donors (Lipinski definition) is 3. The van der Waals surface area contributed by atoms with Gasteiger partial charge in [0.05, 0.1) is 17.7 Å². The number of pyridine rings is 1. The Kier molecular flexibility index (Phi) is 8.21. The number of amides is 1. The molecule has 1 aliphatic heterocycles. The fourth-order valence-electron chi connectivity index (χ4n) is 5.06. The van der Waals surface area contributed by atoms with Crippen LogP contribution in [0, 0.1) is 31.1 Å². The number of carboxylic acids is 1. The van der Waals surface area contributed by atoms with E-state index >= 15 is 0 Å². The standard InChI is InChI=1S/C28H34N4O4/c1-17-5-7-21(16-29)18(2)25(17)27(33)32-24(28(34)35)11-13-36-23-14-19(15-23)6-9-22-10-8-20-4-3-12-30-26(20)31-22/h5,7-8,10,19,23-24H,3-4,6,9,11-15H2,1-2H3,(H,30,31)(H,32,33)(H,34,35)/t19-,23+,24-/m0/s1. The molecule has 8 heteroatoms. The second-order valence-electron chi connectivity index (χ2n) is 9.90. The summed E-state index contributed by atoms with van der Waals surface area (Å²) in [5.41, 5.74) is 4.44. The molecular weight excluding hydrogens is 456 g/mol. The van der Waals surface area contributed by atoms with E-state index in [0.717, 1.165) is 56.6 Å². The summed E-state index contributed by atoms with van der Waals surface area (Å²) >= 11 is 0. The minimum atomic E-state index is -1.10. The number of aromatic nitrogens is 1. The van der Waals surface area contributed by atoms with Crippen molar-refractivity contribution in [1.82, 2.24) is 10.3 Å². The van der Waals surface area contributed by atoms with Crippen LogP contribution in [0.5, 0.6) is 0 Å². The van der Waals surface area contributed by atoms with Crippen LogP contribution >= 0.6 is 0 Å². The summed E-state index contributed by atoms with van der Waals surface area (Å²) < 4.78 is 5.90. The van der Waals surface area contributed by atoms with Gasteiger partial charge in [0, 0.05) is 30.8 Å². The van der Waals surface area contributed by atoms with E-state index in [4.69, 9.17) is 9.72 Å². The van der Waals surface area contributed by atoms with Crippen LogP contribution < -0.4 is 10.6 Å². The van der Waals surface area contributed by atoms with Gasteiger partial charge in [-0.15, -0.1) is 0 Å². The van der Waals surface area contributed by atoms with Crippen LogP contribution in [-0.4, -0.2) is 47.3 Å². The number of aryl methyl sites for hydroxylation is 3. The first-order chi connectivity index (χ1) is 17.4. The zero-order valence-electron chi connectivity index (χ0n) is 21.0. The van der Waals surface area contributed by atoms with Crippen LogP contribution in [0.25, 0.3) is 0 Å². The number of fused-ring (bicyclic) bond motifs is 1. The van der Waals surface area contributed by atoms with E-state index < -0.39 is 17.9 Å². The Morgan fingerprint density at radius 1 is 1.28 bits per heavy atom. The minimum absolute atomic E-state index is 0.134. The van der Waals surface area contributed by atoms with E-state index in [0.29, 0.717) is 28.2 Å². The summed E-state index contributed by atoms with van der Waals surface area (Å²) in [5, 5.41) is 24.8. The number of carbonyl (C=O) groups excluding carboxylic acids is 1. The topological polar surface area (TPSA) is 124 Å². The smallest absolute Gasteiger partial charge is 0.326 e. The Balaban J connectivity index is 1.19. The second kappa shape index (κ2) is 11.5. The lowest BCUT2D eigenvalue weighted by molar-refractivity contribution is -0.140. The van der Waals surface area contributed by atoms with Gasteiger partial charge in [0.2, 0.25) is 0 Å². The molecule has 0 radical (unpaired) electrons. The third kappa shape index (κ3) is 6.03. The van der Waals surface area contributed by atoms with Crippen LogP contribution in [0.4, 0.5) is 5.82 Å². The summed E-state index contributed by atoms with van der Waals surface area (Å²) in [6.45, 7) is 4.73. The molecule has 1 atom stereocenters. The maximum Gasteiger partial charge on any atom is 0.326 e. The van der Waals surface area contributed by atoms with E-state index in [1.165, 1.54) is 5.56 Å². The molecule has 1 saturated carbocycles. The number of nitriles is 1. The number of rotatable bonds is 10. The summed E-state index contributed by atoms with van der Waals surface area (Å²) in [6, 6.07) is 8.70. The third-order valence-corrected chi connectivity index (χ3v) is 7.34. The highest BCUT2D eigenvalue weighted by Gasteiger charge is 2.30. The molecule has 0 spiro atoms. The van der Waals surface area contributed by atoms with Crippen molar-refractivity contribution in [2.45, 2.75) is 70.9 Å². The minimum Gasteiger partial charge on any atom is -0.480 e. The first kappa shape index (κ1) is 25.6. The molecule has 1 aromatic heterocycles. The molecular formula is C28H34N4O4. The highest BCUT2D eigenvalue weighted by molar-refractivity contribution is 5.99. The van der Waals surface area contributed by atoms with Gasteiger partial charge in [-0.3, -0.25) is 4.79 Å². The van der Waals surface area contributed by atoms with E-state index in [1.54, 1.807) is 26.0 Å². The Morgan fingerprint density at radius 3 is 2.83 bits per heavy atom. The number of ether oxygens (including phenoxy) is 1. The number of carboxylic acid groups (broad SMARTS) is 1. The van der Waals surface area contributed by atoms with Gasteiger partial charge in [-0.2, -0.15) is 5.26 Å². The SMILES string of the molecule is Cc1ccc(C#N)c(C)c1C(=O)N[C@@H](CCO[C@H]1C[C@@H](CCc2ccc3c(n2)NCCC3)C1)C(=O)O. The largest absolute Gasteiger partial charge is 0.480 e. The van der Waals surface area contributed by atoms with E-state index in [-0.39, 0.29) is 19.1 Å². The molecule has 1 amide bonds. The molecule has 0 bridgehead atoms. The number of hydrogen-bond acceptors (Lipinski definition) is 6. The maximum atomic E-state index is 12.8. The lowest BCUT2D eigenvalue weighted by Gasteiger charge is -2.35. The average molecular weight is 491 g/mol. The molecule has 0 saturated heterocycles. The van der Waals surface area contributed by atoms with Crippen molar-refractivity contribution < 1.29 is 19.4 Å². The summed E-state index contributed by atoms with van der Waals surface area (Å²) in [5.74, 6) is 0.0484. The van der Waals surface area contributed by atoms with Crippen LogP contribution in [0.2, 0.25) is 0 Å². The van der Waals surface area contributed by atoms with Crippen molar-refractivity contribution in [2.75, 3.05) is 18.5 Å². The van der Waals surface area contributed by atoms with Gasteiger partial charge in [-0.25, -0.2) is 9.78 Å². The molecule has 2 heterocycles. The number of nitrogens with zero attached hydrogens (tertiary/aromatic N) is 2. The summed E-state index contributed by atoms with van der Waals surface area (Å²) in [6.07, 6.45) is 6.52. The van der Waals surface area contributed by atoms with Crippen molar-refractivity contribution in [3.63, 3.8) is 0 Å². The Morgan fingerprint density at radius 2 is 2.08 bits per heavy atom. The normalized spacial score (nSPS) is 19.2. The van der Waals surface area contributed by atoms with Crippen LogP contribution in [0.15, 0.2) is 24.3 Å². The molecule has 3 N–H and O–H groups in total. The number of anilines is 1. The molecule has 4 rings (SSSR count). The highest BCUT2D eigenvalue weighted by Crippen LogP contribution is 2.34. The van der Waals surface area contributed by atoms with Gasteiger partial charge >= 0.3 is 5.97 Å². The van der Waals surface area contributed by atoms with Gasteiger partial charge in [-0.1, -0.05) is 12.1 Å². The number of benzene rings is 1. The second-order valence-corrected chi connectivity index (χ2v) is 9.90. The summed E-state index contributed by atoms with van der Waals surface area (Å²) in [4.78, 5) is 29.3. The maximum absolute atomic E-state index is 12.8. The van der Waals surface area contributed by atoms with Crippen molar-refractivity contribution in [1.29, 1.82) is 5.26 Å². The lowest BCUT2D eigenvalue weighted by Crippen LogP contribution is -2.42. The molecule has 2 aromatic rings. The Labute approximate surface area is 212 Å². The molecule has 2 aliphatic rings. The Bertz CT molecular complexity index is 1170. The van der Waals surface area contributed by atoms with Crippen molar-refractivity contribution in [2.24, 2.45) is 5.92 Å². The predicted molar refractivity (Wildman–Crippen MR) is 136 cm³/mol. The van der Waals surface area contributed by atoms with E-state index in [2.05, 4.69) is 28.8 Å².